The minimum absolute atomic E-state index is 0.148. The van der Waals surface area contributed by atoms with Gasteiger partial charge in [-0.15, -0.1) is 0 Å². The quantitative estimate of drug-likeness (QED) is 0.184. The Morgan fingerprint density at radius 3 is 2.51 bits per heavy atom. The highest BCUT2D eigenvalue weighted by Gasteiger charge is 2.36. The fourth-order valence-electron chi connectivity index (χ4n) is 5.24. The number of halogens is 2. The van der Waals surface area contributed by atoms with E-state index in [0.29, 0.717) is 38.1 Å². The van der Waals surface area contributed by atoms with Crippen LogP contribution in [0.25, 0.3) is 22.2 Å². The molecule has 0 amide bonds. The summed E-state index contributed by atoms with van der Waals surface area (Å²) in [5.74, 6) is -0.143. The van der Waals surface area contributed by atoms with Crippen LogP contribution in [0.5, 0.6) is 11.5 Å². The standard InChI is InChI=1S/C32H27Cl2N3O6/c33-25-12-22(15-37-16-23(38)13-28(37)32(39)40)29(41-17-19-9-10-26-27(11-19)36-43-35-26)14-30(25)42-18-21-7-4-8-24(31(21)34)20-5-2-1-3-6-20/h1-12,14,23,28,38H,13,15-18H2,(H,39,40)/t23-,28-/m1/s1. The minimum Gasteiger partial charge on any atom is -0.488 e. The smallest absolute Gasteiger partial charge is 0.321 e. The fourth-order valence-corrected chi connectivity index (χ4v) is 5.77. The molecule has 1 fully saturated rings. The summed E-state index contributed by atoms with van der Waals surface area (Å²) in [7, 11) is 0. The number of aliphatic carboxylic acids is 1. The largest absolute Gasteiger partial charge is 0.488 e. The van der Waals surface area contributed by atoms with Crippen LogP contribution < -0.4 is 9.47 Å². The highest BCUT2D eigenvalue weighted by Crippen LogP contribution is 2.37. The van der Waals surface area contributed by atoms with Crippen molar-refractivity contribution in [2.45, 2.75) is 38.3 Å². The number of nitrogens with zero attached hydrogens (tertiary/aromatic N) is 3. The van der Waals surface area contributed by atoms with E-state index in [-0.39, 0.29) is 32.7 Å². The molecule has 0 bridgehead atoms. The van der Waals surface area contributed by atoms with Gasteiger partial charge >= 0.3 is 5.97 Å². The average Bonchev–Trinajstić information content (AvgIpc) is 3.63. The van der Waals surface area contributed by atoms with Crippen LogP contribution in [0.1, 0.15) is 23.1 Å². The fraction of sp³-hybridized carbons (Fsp3) is 0.219. The van der Waals surface area contributed by atoms with Crippen LogP contribution in [0.4, 0.5) is 0 Å². The van der Waals surface area contributed by atoms with Crippen molar-refractivity contribution in [3.63, 3.8) is 0 Å². The van der Waals surface area contributed by atoms with Crippen LogP contribution in [0, 0.1) is 0 Å². The number of benzene rings is 4. The number of carboxylic acids is 1. The molecule has 4 aromatic carbocycles. The van der Waals surface area contributed by atoms with Gasteiger partial charge in [-0.3, -0.25) is 9.69 Å². The molecule has 1 aliphatic rings. The van der Waals surface area contributed by atoms with Gasteiger partial charge < -0.3 is 19.7 Å². The Morgan fingerprint density at radius 1 is 0.907 bits per heavy atom. The molecule has 1 aromatic heterocycles. The zero-order chi connectivity index (χ0) is 29.9. The number of aliphatic hydroxyl groups is 1. The van der Waals surface area contributed by atoms with Crippen molar-refractivity contribution < 1.29 is 29.1 Å². The van der Waals surface area contributed by atoms with E-state index < -0.39 is 18.1 Å². The average molecular weight is 620 g/mol. The molecular weight excluding hydrogens is 593 g/mol. The zero-order valence-corrected chi connectivity index (χ0v) is 24.3. The highest BCUT2D eigenvalue weighted by molar-refractivity contribution is 6.34. The molecule has 0 radical (unpaired) electrons. The van der Waals surface area contributed by atoms with Crippen molar-refractivity contribution in [1.82, 2.24) is 15.2 Å². The molecule has 2 N–H and O–H groups in total. The third kappa shape index (κ3) is 6.45. The van der Waals surface area contributed by atoms with Gasteiger partial charge in [-0.25, -0.2) is 4.63 Å². The summed E-state index contributed by atoms with van der Waals surface area (Å²) < 4.78 is 17.2. The molecule has 0 spiro atoms. The molecule has 220 valence electrons. The molecule has 0 unspecified atom stereocenters. The SMILES string of the molecule is O=C(O)[C@H]1C[C@@H](O)CN1Cc1cc(Cl)c(OCc2cccc(-c3ccccc3)c2Cl)cc1OCc1ccc2nonc2c1. The number of ether oxygens (including phenoxy) is 2. The van der Waals surface area contributed by atoms with Crippen molar-refractivity contribution in [1.29, 1.82) is 0 Å². The van der Waals surface area contributed by atoms with Crippen molar-refractivity contribution in [3.8, 4) is 22.6 Å². The summed E-state index contributed by atoms with van der Waals surface area (Å²) in [6.07, 6.45) is -0.586. The Bertz CT molecular complexity index is 1760. The monoisotopic (exact) mass is 619 g/mol. The van der Waals surface area contributed by atoms with Gasteiger partial charge in [-0.05, 0) is 39.6 Å². The molecule has 2 atom stereocenters. The Labute approximate surface area is 257 Å². The number of carbonyl (C=O) groups is 1. The number of likely N-dealkylation sites (tertiary alicyclic amines) is 1. The van der Waals surface area contributed by atoms with E-state index in [9.17, 15) is 15.0 Å². The molecule has 11 heteroatoms. The van der Waals surface area contributed by atoms with E-state index in [2.05, 4.69) is 10.3 Å². The van der Waals surface area contributed by atoms with E-state index in [1.54, 1.807) is 23.1 Å². The number of fused-ring (bicyclic) bond motifs is 1. The number of aromatic nitrogens is 2. The molecule has 6 rings (SSSR count). The van der Waals surface area contributed by atoms with Crippen molar-refractivity contribution in [2.75, 3.05) is 6.54 Å². The first-order chi connectivity index (χ1) is 20.9. The summed E-state index contributed by atoms with van der Waals surface area (Å²) in [6.45, 7) is 0.777. The first-order valence-electron chi connectivity index (χ1n) is 13.6. The first kappa shape index (κ1) is 28.9. The van der Waals surface area contributed by atoms with E-state index >= 15 is 0 Å². The highest BCUT2D eigenvalue weighted by atomic mass is 35.5. The molecule has 0 aliphatic carbocycles. The van der Waals surface area contributed by atoms with Crippen LogP contribution in [0.3, 0.4) is 0 Å². The van der Waals surface area contributed by atoms with Crippen LogP contribution in [0.15, 0.2) is 83.5 Å². The van der Waals surface area contributed by atoms with Gasteiger partial charge in [-0.1, -0.05) is 77.8 Å². The summed E-state index contributed by atoms with van der Waals surface area (Å²) in [6, 6.07) is 23.7. The van der Waals surface area contributed by atoms with Crippen molar-refractivity contribution in [3.05, 3.63) is 106 Å². The molecular formula is C32H27Cl2N3O6. The van der Waals surface area contributed by atoms with Crippen molar-refractivity contribution >= 4 is 40.2 Å². The lowest BCUT2D eigenvalue weighted by molar-refractivity contribution is -0.142. The Morgan fingerprint density at radius 2 is 1.70 bits per heavy atom. The van der Waals surface area contributed by atoms with Crippen LogP contribution in [0.2, 0.25) is 10.0 Å². The van der Waals surface area contributed by atoms with E-state index in [0.717, 1.165) is 22.3 Å². The third-order valence-electron chi connectivity index (χ3n) is 7.41. The summed E-state index contributed by atoms with van der Waals surface area (Å²) in [4.78, 5) is 13.6. The molecule has 43 heavy (non-hydrogen) atoms. The lowest BCUT2D eigenvalue weighted by Gasteiger charge is -2.23. The number of carboxylic acid groups (broad SMARTS) is 1. The molecule has 2 heterocycles. The van der Waals surface area contributed by atoms with E-state index in [4.69, 9.17) is 37.3 Å². The van der Waals surface area contributed by atoms with Gasteiger partial charge in [0.05, 0.1) is 16.1 Å². The maximum Gasteiger partial charge on any atom is 0.321 e. The first-order valence-corrected chi connectivity index (χ1v) is 14.4. The van der Waals surface area contributed by atoms with Gasteiger partial charge in [0.25, 0.3) is 0 Å². The number of β-amino-alcohol motifs (C(OH)–C–C–N with tert-alkyl or cyclic N) is 1. The number of aliphatic hydroxyl groups excluding tert-OH is 1. The predicted molar refractivity (Wildman–Crippen MR) is 161 cm³/mol. The molecule has 1 aliphatic heterocycles. The Balaban J connectivity index is 1.27. The minimum atomic E-state index is -0.991. The van der Waals surface area contributed by atoms with E-state index in [1.165, 1.54) is 0 Å². The maximum absolute atomic E-state index is 11.9. The van der Waals surface area contributed by atoms with Gasteiger partial charge in [0.1, 0.15) is 41.8 Å². The van der Waals surface area contributed by atoms with E-state index in [1.807, 2.05) is 60.7 Å². The lowest BCUT2D eigenvalue weighted by atomic mass is 10.0. The normalized spacial score (nSPS) is 16.9. The van der Waals surface area contributed by atoms with Crippen LogP contribution in [-0.2, 0) is 24.6 Å². The van der Waals surface area contributed by atoms with Gasteiger partial charge in [0.15, 0.2) is 0 Å². The topological polar surface area (TPSA) is 118 Å². The second-order valence-electron chi connectivity index (χ2n) is 10.4. The number of rotatable bonds is 10. The number of hydrogen-bond donors (Lipinski definition) is 2. The Kier molecular flexibility index (Phi) is 8.49. The maximum atomic E-state index is 11.9. The summed E-state index contributed by atoms with van der Waals surface area (Å²) in [5, 5.41) is 28.5. The third-order valence-corrected chi connectivity index (χ3v) is 8.16. The molecule has 5 aromatic rings. The molecule has 9 nitrogen and oxygen atoms in total. The zero-order valence-electron chi connectivity index (χ0n) is 22.8. The van der Waals surface area contributed by atoms with Crippen LogP contribution in [-0.4, -0.2) is 50.1 Å². The van der Waals surface area contributed by atoms with Gasteiger partial charge in [0, 0.05) is 42.3 Å². The number of hydrogen-bond acceptors (Lipinski definition) is 8. The molecule has 0 saturated carbocycles. The second kappa shape index (κ2) is 12.6. The lowest BCUT2D eigenvalue weighted by Crippen LogP contribution is -2.35. The van der Waals surface area contributed by atoms with Gasteiger partial charge in [-0.2, -0.15) is 0 Å². The van der Waals surface area contributed by atoms with Crippen LogP contribution >= 0.6 is 23.2 Å². The van der Waals surface area contributed by atoms with Crippen molar-refractivity contribution in [2.24, 2.45) is 0 Å². The summed E-state index contributed by atoms with van der Waals surface area (Å²) >= 11 is 13.5. The predicted octanol–water partition coefficient (Wildman–Crippen LogP) is 6.37. The Hall–Kier alpha value is -4.15. The summed E-state index contributed by atoms with van der Waals surface area (Å²) in [5.41, 5.74) is 5.41. The molecule has 1 saturated heterocycles. The van der Waals surface area contributed by atoms with Gasteiger partial charge in [0.2, 0.25) is 0 Å². The second-order valence-corrected chi connectivity index (χ2v) is 11.2.